The molecule has 0 atom stereocenters. The third kappa shape index (κ3) is 29.8. The summed E-state index contributed by atoms with van der Waals surface area (Å²) in [7, 11) is 3.05. The second-order valence-corrected chi connectivity index (χ2v) is 32.6. The van der Waals surface area contributed by atoms with Crippen molar-refractivity contribution < 1.29 is 114 Å². The van der Waals surface area contributed by atoms with Crippen molar-refractivity contribution in [1.29, 1.82) is 0 Å². The number of carbonyl (C=O) groups excluding carboxylic acids is 5. The number of amides is 5. The molecule has 10 heterocycles. The summed E-state index contributed by atoms with van der Waals surface area (Å²) in [4.78, 5) is 101. The molecule has 25 nitrogen and oxygen atoms in total. The summed E-state index contributed by atoms with van der Waals surface area (Å²) in [5.74, 6) is -0.540. The molecular weight excluding hydrogens is 2050 g/mol. The van der Waals surface area contributed by atoms with Crippen LogP contribution in [0.2, 0.25) is 25.1 Å². The van der Waals surface area contributed by atoms with Crippen LogP contribution in [-0.2, 0) is 30.9 Å². The van der Waals surface area contributed by atoms with Crippen molar-refractivity contribution in [2.24, 2.45) is 0 Å². The first kappa shape index (κ1) is 111. The molecule has 0 saturated heterocycles. The van der Waals surface area contributed by atoms with E-state index in [1.165, 1.54) is 73.5 Å². The van der Waals surface area contributed by atoms with E-state index in [-0.39, 0.29) is 62.0 Å². The third-order valence-electron chi connectivity index (χ3n) is 20.4. The predicted molar refractivity (Wildman–Crippen MR) is 520 cm³/mol. The van der Waals surface area contributed by atoms with Gasteiger partial charge < -0.3 is 50.6 Å². The van der Waals surface area contributed by atoms with Gasteiger partial charge in [0.1, 0.15) is 57.2 Å². The summed E-state index contributed by atoms with van der Waals surface area (Å²) in [5, 5.41) is 24.6. The van der Waals surface area contributed by atoms with Gasteiger partial charge in [0.2, 0.25) is 0 Å². The second-order valence-electron chi connectivity index (χ2n) is 30.6. The van der Waals surface area contributed by atoms with Crippen LogP contribution >= 0.6 is 58.0 Å². The van der Waals surface area contributed by atoms with Gasteiger partial charge in [-0.1, -0.05) is 58.0 Å². The van der Waals surface area contributed by atoms with E-state index in [2.05, 4.69) is 76.4 Å². The number of aromatic nitrogens is 10. The van der Waals surface area contributed by atoms with Gasteiger partial charge in [-0.25, -0.2) is 24.9 Å². The van der Waals surface area contributed by atoms with Gasteiger partial charge in [0.15, 0.2) is 0 Å². The van der Waals surface area contributed by atoms with Crippen LogP contribution < -0.4 is 45.5 Å². The maximum atomic E-state index is 12.8. The number of carbonyl (C=O) groups is 5. The number of aromatic hydroxyl groups is 1. The number of hydrogen-bond acceptors (Lipinski definition) is 20. The van der Waals surface area contributed by atoms with E-state index in [0.29, 0.717) is 146 Å². The lowest BCUT2D eigenvalue weighted by Crippen LogP contribution is -2.16. The van der Waals surface area contributed by atoms with Crippen LogP contribution in [0.25, 0.3) is 56.3 Å². The van der Waals surface area contributed by atoms with E-state index < -0.39 is 88.9 Å². The number of alkyl halides is 15. The highest BCUT2D eigenvalue weighted by atomic mass is 35.5. The van der Waals surface area contributed by atoms with Crippen LogP contribution in [0.15, 0.2) is 243 Å². The standard InChI is InChI=1S/2C21H17ClF3N3O2.2C20H15ClF3N3O2.C19H13ClF3N3O2/c2*1-3-30-14-5-8-18(26-11-14)16-10-13(4-7-17(16)22)28-20(29)15-6-9-19(21(23,24)25)27-12(15)2;2*1-11-14(5-8-18(26-11)20(22,23)24)19(28)27-12-3-6-16(21)15(9-12)17-7-4-13(29-2)10-25-17;1-10-13(4-7-17(25-10)19(21,22)23)18(28)26-11-2-5-15(20)14(8-11)16-6-3-12(27)9-24-16/h2*4-11H,3H2,1-2H3,(H,28,29);2*3-10H,1-2H3,(H,27,28);2-9,27H,1H3,(H,26,28). The molecule has 0 saturated carbocycles. The summed E-state index contributed by atoms with van der Waals surface area (Å²) in [6, 6.07) is 50.2. The Labute approximate surface area is 846 Å². The van der Waals surface area contributed by atoms with E-state index in [1.807, 2.05) is 13.8 Å². The molecule has 0 aliphatic rings. The number of nitrogens with zero attached hydrogens (tertiary/aromatic N) is 10. The van der Waals surface area contributed by atoms with Gasteiger partial charge in [-0.3, -0.25) is 48.9 Å². The van der Waals surface area contributed by atoms with Gasteiger partial charge in [0.05, 0.1) is 168 Å². The number of aryl methyl sites for hydroxylation is 5. The van der Waals surface area contributed by atoms with Crippen molar-refractivity contribution in [2.45, 2.75) is 79.3 Å². The lowest BCUT2D eigenvalue weighted by Gasteiger charge is -2.12. The minimum atomic E-state index is -4.58. The molecule has 15 aromatic rings. The van der Waals surface area contributed by atoms with Crippen LogP contribution in [0.3, 0.4) is 0 Å². The zero-order chi connectivity index (χ0) is 107. The number of halogens is 20. The van der Waals surface area contributed by atoms with Crippen LogP contribution in [-0.4, -0.2) is 112 Å². The molecule has 0 fully saturated rings. The Hall–Kier alpha value is -15.7. The van der Waals surface area contributed by atoms with Crippen molar-refractivity contribution in [3.8, 4) is 85.0 Å². The summed E-state index contributed by atoms with van der Waals surface area (Å²) >= 11 is 31.2. The molecule has 5 aromatic carbocycles. The number of rotatable bonds is 21. The molecule has 0 spiro atoms. The van der Waals surface area contributed by atoms with Gasteiger partial charge in [0.25, 0.3) is 29.5 Å². The highest BCUT2D eigenvalue weighted by Crippen LogP contribution is 2.40. The number of benzene rings is 5. The van der Waals surface area contributed by atoms with E-state index in [9.17, 15) is 94.9 Å². The molecule has 0 aliphatic carbocycles. The minimum Gasteiger partial charge on any atom is -0.506 e. The van der Waals surface area contributed by atoms with Crippen LogP contribution in [0.5, 0.6) is 28.7 Å². The van der Waals surface area contributed by atoms with Crippen LogP contribution in [0.4, 0.5) is 94.3 Å². The summed E-state index contributed by atoms with van der Waals surface area (Å²) in [6.45, 7) is 11.5. The van der Waals surface area contributed by atoms with Crippen molar-refractivity contribution in [3.63, 3.8) is 0 Å². The second kappa shape index (κ2) is 48.2. The highest BCUT2D eigenvalue weighted by Gasteiger charge is 2.38. The zero-order valence-corrected chi connectivity index (χ0v) is 80.9. The monoisotopic (exact) mass is 2120 g/mol. The fourth-order valence-electron chi connectivity index (χ4n) is 13.2. The molecule has 10 aromatic heterocycles. The van der Waals surface area contributed by atoms with Crippen LogP contribution in [0.1, 0.15) is 123 Å². The number of methoxy groups -OCH3 is 2. The van der Waals surface area contributed by atoms with Gasteiger partial charge in [-0.2, -0.15) is 65.9 Å². The summed E-state index contributed by atoms with van der Waals surface area (Å²) in [6.07, 6.45) is -15.4. The fraction of sp³-hybridized carbons (Fsp3) is 0.158. The van der Waals surface area contributed by atoms with Gasteiger partial charge in [-0.15, -0.1) is 0 Å². The quantitative estimate of drug-likeness (QED) is 0.0364. The molecule has 0 unspecified atom stereocenters. The maximum absolute atomic E-state index is 12.8. The maximum Gasteiger partial charge on any atom is 0.433 e. The summed E-state index contributed by atoms with van der Waals surface area (Å²) in [5.41, 5.74) is 2.40. The molecule has 0 aliphatic heterocycles. The predicted octanol–water partition coefficient (Wildman–Crippen LogP) is 27.4. The van der Waals surface area contributed by atoms with E-state index in [1.54, 1.807) is 158 Å². The van der Waals surface area contributed by atoms with Crippen LogP contribution in [0, 0.1) is 34.6 Å². The number of pyridine rings is 10. The topological polar surface area (TPSA) is 332 Å². The minimum absolute atomic E-state index is 0.00499. The fourth-order valence-corrected chi connectivity index (χ4v) is 14.3. The van der Waals surface area contributed by atoms with E-state index in [0.717, 1.165) is 60.7 Å². The molecule has 0 bridgehead atoms. The number of anilines is 5. The lowest BCUT2D eigenvalue weighted by atomic mass is 10.1. The Morgan fingerprint density at radius 2 is 0.466 bits per heavy atom. The van der Waals surface area contributed by atoms with Crippen molar-refractivity contribution >= 4 is 116 Å². The number of hydrogen-bond donors (Lipinski definition) is 6. The molecule has 0 radical (unpaired) electrons. The molecule has 6 N–H and O–H groups in total. The molecule has 756 valence electrons. The Balaban J connectivity index is 0.000000174. The average Bonchev–Trinajstić information content (AvgIpc) is 0.814. The summed E-state index contributed by atoms with van der Waals surface area (Å²) < 4.78 is 212. The average molecular weight is 2120 g/mol. The third-order valence-corrected chi connectivity index (χ3v) is 22.0. The van der Waals surface area contributed by atoms with E-state index in [4.69, 9.17) is 77.0 Å². The first-order chi connectivity index (χ1) is 68.9. The smallest absolute Gasteiger partial charge is 0.433 e. The largest absolute Gasteiger partial charge is 0.506 e. The Morgan fingerprint density at radius 1 is 0.274 bits per heavy atom. The van der Waals surface area contributed by atoms with E-state index >= 15 is 0 Å². The zero-order valence-electron chi connectivity index (χ0n) is 77.2. The van der Waals surface area contributed by atoms with Gasteiger partial charge in [0, 0.05) is 56.3 Å². The molecular formula is C101H77Cl5F15N15O10. The molecule has 15 rings (SSSR count). The Morgan fingerprint density at radius 3 is 0.623 bits per heavy atom. The van der Waals surface area contributed by atoms with Crippen molar-refractivity contribution in [2.75, 3.05) is 54.0 Å². The normalized spacial score (nSPS) is 11.3. The van der Waals surface area contributed by atoms with Gasteiger partial charge >= 0.3 is 30.9 Å². The SMILES string of the molecule is CCOc1ccc(-c2cc(NC(=O)c3ccc(C(F)(F)F)nc3C)ccc2Cl)nc1.CCOc1ccc(-c2cc(NC(=O)c3ccc(C(F)(F)F)nc3C)ccc2Cl)nc1.COc1ccc(-c2cc(NC(=O)c3ccc(C(F)(F)F)nc3C)ccc2Cl)nc1.COc1ccc(-c2cc(NC(=O)c3ccc(C(F)(F)F)nc3C)ccc2Cl)nc1.Cc1nc(C(F)(F)F)ccc1C(=O)Nc1ccc(Cl)c(-c2ccc(O)cn2)c1. The first-order valence-corrected chi connectivity index (χ1v) is 44.4. The first-order valence-electron chi connectivity index (χ1n) is 42.5. The molecule has 146 heavy (non-hydrogen) atoms. The molecule has 45 heteroatoms. The van der Waals surface area contributed by atoms with Crippen molar-refractivity contribution in [1.82, 2.24) is 49.8 Å². The Kier molecular flexibility index (Phi) is 36.5. The number of ether oxygens (including phenoxy) is 4. The van der Waals surface area contributed by atoms with Crippen molar-refractivity contribution in [3.05, 3.63) is 353 Å². The highest BCUT2D eigenvalue weighted by molar-refractivity contribution is 6.35. The lowest BCUT2D eigenvalue weighted by molar-refractivity contribution is -0.142. The Bertz CT molecular complexity index is 6930. The van der Waals surface area contributed by atoms with Gasteiger partial charge in [-0.05, 0) is 261 Å². The number of nitrogens with one attached hydrogen (secondary N) is 5. The molecule has 5 amide bonds.